The van der Waals surface area contributed by atoms with E-state index in [2.05, 4.69) is 29.6 Å². The van der Waals surface area contributed by atoms with Crippen molar-refractivity contribution < 1.29 is 72.0 Å². The normalized spacial score (nSPS) is 25.4. The van der Waals surface area contributed by atoms with Crippen LogP contribution in [0, 0.1) is 78.6 Å². The highest BCUT2D eigenvalue weighted by atomic mass is 19.1. The number of rotatable bonds is 20. The zero-order valence-electron chi connectivity index (χ0n) is 59.3. The molecule has 8 aliphatic rings. The second kappa shape index (κ2) is 33.8. The Bertz CT molecular complexity index is 4190. The Labute approximate surface area is 611 Å². The number of aromatic nitrogens is 2. The monoisotopic (exact) mass is 1430 g/mol. The fraction of sp³-hybridized carbons (Fsp3) is 0.417. The lowest BCUT2D eigenvalue weighted by Crippen LogP contribution is -2.30. The number of fused-ring (bicyclic) bond motifs is 4. The van der Waals surface area contributed by atoms with E-state index in [1.807, 2.05) is 36.4 Å². The Morgan fingerprint density at radius 2 is 0.724 bits per heavy atom. The number of aromatic hydroxyl groups is 4. The van der Waals surface area contributed by atoms with Crippen LogP contribution in [0.1, 0.15) is 105 Å². The third kappa shape index (κ3) is 19.6. The van der Waals surface area contributed by atoms with E-state index in [4.69, 9.17) is 18.9 Å². The number of phenols is 4. The van der Waals surface area contributed by atoms with Crippen LogP contribution in [0.15, 0.2) is 176 Å². The first kappa shape index (κ1) is 73.9. The summed E-state index contributed by atoms with van der Waals surface area (Å²) in [6.45, 7) is 12.6. The number of aryl methyl sites for hydroxylation is 2. The summed E-state index contributed by atoms with van der Waals surface area (Å²) < 4.78 is 64.9. The van der Waals surface area contributed by atoms with Gasteiger partial charge in [-0.1, -0.05) is 24.3 Å². The van der Waals surface area contributed by atoms with Crippen LogP contribution in [0.2, 0.25) is 0 Å². The number of β-amino-alcohol motifs (C(OH)–C–C–N with tert-alkyl or cyclic N) is 1. The van der Waals surface area contributed by atoms with E-state index < -0.39 is 17.7 Å². The molecule has 2 aromatic heterocycles. The van der Waals surface area contributed by atoms with Gasteiger partial charge in [0.15, 0.2) is 28.9 Å². The third-order valence-electron chi connectivity index (χ3n) is 22.4. The average Bonchev–Trinajstić information content (AvgIpc) is 1.69. The molecular formula is C84H93F3N6O12. The predicted molar refractivity (Wildman–Crippen MR) is 389 cm³/mol. The van der Waals surface area contributed by atoms with Crippen LogP contribution in [-0.4, -0.2) is 175 Å². The molecule has 6 aromatic carbocycles. The predicted octanol–water partition coefficient (Wildman–Crippen LogP) is 13.1. The van der Waals surface area contributed by atoms with Crippen molar-refractivity contribution in [2.45, 2.75) is 95.7 Å². The molecule has 8 fully saturated rings. The van der Waals surface area contributed by atoms with Crippen LogP contribution in [0.25, 0.3) is 0 Å². The molecule has 5 N–H and O–H groups in total. The third-order valence-corrected chi connectivity index (χ3v) is 22.4. The highest BCUT2D eigenvalue weighted by Crippen LogP contribution is 2.44. The van der Waals surface area contributed by atoms with E-state index in [1.54, 1.807) is 124 Å². The lowest BCUT2D eigenvalue weighted by atomic mass is 10.0. The Balaban J connectivity index is 0.000000124. The average molecular weight is 1440 g/mol. The van der Waals surface area contributed by atoms with E-state index in [1.165, 1.54) is 24.3 Å². The van der Waals surface area contributed by atoms with Gasteiger partial charge in [-0.15, -0.1) is 0 Å². The van der Waals surface area contributed by atoms with Crippen LogP contribution < -0.4 is 18.9 Å². The van der Waals surface area contributed by atoms with Crippen LogP contribution in [0.5, 0.6) is 46.0 Å². The topological polar surface area (TPSA) is 228 Å². The fourth-order valence-electron chi connectivity index (χ4n) is 17.1. The lowest BCUT2D eigenvalue weighted by Gasteiger charge is -2.22. The number of pyridine rings is 2. The standard InChI is InChI=1S/C22H26FNO3.C22H24FNO3.C20H21FN2O3.C20H22N2O3/c2*1-14-2-7-19(10-21(14)23)27-20-8-16-11-24(12-17(16)9-20)13-22(26)15-3-5-18(25)6-4-15;21-18-8-13(3-4-19(18)24)20(25)12-23-10-14-6-17(7-15(14)11-23)26-16-2-1-5-22-9-16;23-17-5-3-14(4-6-17)20(24)13-22-11-15-8-19(9-16(15)12-22)25-18-2-1-7-21-10-18/h2-7,10,16-17,20,22,25-26H,8-9,11-13H2,1H3;2-7,10,16-17,20,25H,8-9,11-13H2,1H3;1-5,8-9,14-15,17,24H,6-7,10-12H2;1-7,10,15-16,19,23H,8-9,11-13H2/t16-,17+,20?,22?;16-,17+,20?;14-,15+,17?;15-,16+,19?. The maximum atomic E-state index is 13.7. The molecule has 0 amide bonds. The maximum Gasteiger partial charge on any atom is 0.176 e. The number of likely N-dealkylation sites (tertiary alicyclic amines) is 4. The number of hydrogen-bond donors (Lipinski definition) is 5. The van der Waals surface area contributed by atoms with Crippen LogP contribution in [0.3, 0.4) is 0 Å². The Morgan fingerprint density at radius 3 is 1.06 bits per heavy atom. The van der Waals surface area contributed by atoms with Gasteiger partial charge in [0.1, 0.15) is 51.9 Å². The molecule has 6 heterocycles. The molecule has 552 valence electrons. The molecule has 0 bridgehead atoms. The van der Waals surface area contributed by atoms with E-state index >= 15 is 0 Å². The smallest absolute Gasteiger partial charge is 0.176 e. The van der Waals surface area contributed by atoms with Crippen molar-refractivity contribution in [1.82, 2.24) is 29.6 Å². The van der Waals surface area contributed by atoms with Gasteiger partial charge < -0.3 is 44.5 Å². The van der Waals surface area contributed by atoms with Gasteiger partial charge in [0.05, 0.1) is 62.5 Å². The molecule has 13 atom stereocenters. The Kier molecular flexibility index (Phi) is 23.8. The van der Waals surface area contributed by atoms with Gasteiger partial charge in [-0.3, -0.25) is 44.0 Å². The van der Waals surface area contributed by atoms with Gasteiger partial charge in [-0.25, -0.2) is 13.2 Å². The summed E-state index contributed by atoms with van der Waals surface area (Å²) in [7, 11) is 0. The number of aliphatic hydroxyl groups excluding tert-OH is 1. The number of ketones is 3. The first-order valence-electron chi connectivity index (χ1n) is 36.7. The molecule has 21 heteroatoms. The molecule has 0 spiro atoms. The molecule has 8 aromatic rings. The van der Waals surface area contributed by atoms with Crippen LogP contribution in [-0.2, 0) is 0 Å². The minimum absolute atomic E-state index is 0.0814. The van der Waals surface area contributed by atoms with Crippen molar-refractivity contribution in [3.05, 3.63) is 227 Å². The van der Waals surface area contributed by atoms with Crippen molar-refractivity contribution in [3.63, 3.8) is 0 Å². The molecule has 4 saturated heterocycles. The number of hydrogen-bond acceptors (Lipinski definition) is 18. The van der Waals surface area contributed by atoms with Crippen molar-refractivity contribution in [2.75, 3.05) is 78.5 Å². The van der Waals surface area contributed by atoms with Gasteiger partial charge in [0.2, 0.25) is 0 Å². The highest BCUT2D eigenvalue weighted by Gasteiger charge is 2.46. The van der Waals surface area contributed by atoms with Crippen molar-refractivity contribution in [2.24, 2.45) is 47.3 Å². The van der Waals surface area contributed by atoms with Gasteiger partial charge in [-0.05, 0) is 245 Å². The fourth-order valence-corrected chi connectivity index (χ4v) is 17.1. The number of carbonyl (C=O) groups excluding carboxylic acids is 3. The van der Waals surface area contributed by atoms with Crippen LogP contribution >= 0.6 is 0 Å². The minimum Gasteiger partial charge on any atom is -0.508 e. The maximum absolute atomic E-state index is 13.7. The molecule has 0 radical (unpaired) electrons. The molecule has 4 saturated carbocycles. The summed E-state index contributed by atoms with van der Waals surface area (Å²) in [4.78, 5) is 54.3. The van der Waals surface area contributed by atoms with E-state index in [9.17, 15) is 53.1 Å². The quantitative estimate of drug-likeness (QED) is 0.0447. The van der Waals surface area contributed by atoms with Crippen LogP contribution in [0.4, 0.5) is 13.2 Å². The Morgan fingerprint density at radius 1 is 0.400 bits per heavy atom. The lowest BCUT2D eigenvalue weighted by molar-refractivity contribution is 0.0928. The number of Topliss-reactive ketones (excluding diaryl/α,β-unsaturated/α-hetero) is 3. The first-order valence-corrected chi connectivity index (χ1v) is 36.7. The molecular weight excluding hydrogens is 1340 g/mol. The van der Waals surface area contributed by atoms with E-state index in [0.717, 1.165) is 127 Å². The minimum atomic E-state index is -0.760. The van der Waals surface area contributed by atoms with Crippen molar-refractivity contribution in [1.29, 1.82) is 0 Å². The molecule has 16 rings (SSSR count). The summed E-state index contributed by atoms with van der Waals surface area (Å²) in [5, 5.41) is 47.7. The van der Waals surface area contributed by atoms with Gasteiger partial charge >= 0.3 is 0 Å². The molecule has 105 heavy (non-hydrogen) atoms. The Hall–Kier alpha value is -9.38. The summed E-state index contributed by atoms with van der Waals surface area (Å²) in [6.07, 6.45) is 15.1. The first-order chi connectivity index (χ1) is 50.7. The zero-order chi connectivity index (χ0) is 73.3. The van der Waals surface area contributed by atoms with Gasteiger partial charge in [-0.2, -0.15) is 0 Å². The van der Waals surface area contributed by atoms with E-state index in [-0.39, 0.29) is 77.2 Å². The van der Waals surface area contributed by atoms with Gasteiger partial charge in [0, 0.05) is 100 Å². The molecule has 4 aliphatic heterocycles. The number of benzene rings is 6. The zero-order valence-corrected chi connectivity index (χ0v) is 59.3. The number of aliphatic hydroxyl groups is 1. The number of halogens is 3. The summed E-state index contributed by atoms with van der Waals surface area (Å²) in [6, 6.07) is 41.2. The molecule has 18 nitrogen and oxygen atoms in total. The highest BCUT2D eigenvalue weighted by molar-refractivity contribution is 5.98. The summed E-state index contributed by atoms with van der Waals surface area (Å²) >= 11 is 0. The largest absolute Gasteiger partial charge is 0.508 e. The molecule has 5 unspecified atom stereocenters. The second-order valence-corrected chi connectivity index (χ2v) is 30.1. The van der Waals surface area contributed by atoms with Gasteiger partial charge in [0.25, 0.3) is 0 Å². The summed E-state index contributed by atoms with van der Waals surface area (Å²) in [5.41, 5.74) is 3.68. The SMILES string of the molecule is Cc1ccc(OC2C[C@@H]3CN(CC(=O)c4ccc(O)cc4)C[C@@H]3C2)cc1F.Cc1ccc(OC2C[C@@H]3CN(CC(O)c4ccc(O)cc4)C[C@@H]3C2)cc1F.O=C(CN1C[C@H]2CC(Oc3cccnc3)C[C@H]2C1)c1ccc(O)c(F)c1.O=C(CN1C[C@H]2CC(Oc3cccnc3)C[C@H]2C1)c1ccc(O)cc1. The van der Waals surface area contributed by atoms with Crippen molar-refractivity contribution >= 4 is 17.3 Å². The number of nitrogens with zero attached hydrogens (tertiary/aromatic N) is 6. The second-order valence-electron chi connectivity index (χ2n) is 30.1. The molecule has 4 aliphatic carbocycles. The number of carbonyl (C=O) groups is 3. The number of ether oxygens (including phenoxy) is 4. The number of phenolic OH excluding ortho intramolecular Hbond substituents is 4. The van der Waals surface area contributed by atoms with Crippen molar-refractivity contribution in [3.8, 4) is 46.0 Å². The van der Waals surface area contributed by atoms with E-state index in [0.29, 0.717) is 106 Å². The summed E-state index contributed by atoms with van der Waals surface area (Å²) in [5.74, 6) is 6.31.